The van der Waals surface area contributed by atoms with Gasteiger partial charge in [-0.15, -0.1) is 0 Å². The van der Waals surface area contributed by atoms with Gasteiger partial charge in [-0.05, 0) is 11.6 Å². The van der Waals surface area contributed by atoms with E-state index in [1.165, 1.54) is 0 Å². The second-order valence-electron chi connectivity index (χ2n) is 3.48. The first kappa shape index (κ1) is 8.23. The molecular formula is C11H9N3O. The van der Waals surface area contributed by atoms with E-state index >= 15 is 0 Å². The second kappa shape index (κ2) is 2.95. The molecule has 0 bridgehead atoms. The van der Waals surface area contributed by atoms with Crippen LogP contribution in [0.4, 0.5) is 0 Å². The molecule has 2 N–H and O–H groups in total. The van der Waals surface area contributed by atoms with E-state index in [1.54, 1.807) is 6.21 Å². The summed E-state index contributed by atoms with van der Waals surface area (Å²) in [6.07, 6.45) is 2.39. The average molecular weight is 199 g/mol. The number of hydrogen-bond donors (Lipinski definition) is 2. The van der Waals surface area contributed by atoms with Gasteiger partial charge in [-0.25, -0.2) is 5.43 Å². The van der Waals surface area contributed by atoms with Crippen LogP contribution in [0.25, 0.3) is 10.9 Å². The van der Waals surface area contributed by atoms with Crippen LogP contribution < -0.4 is 5.43 Å². The number of benzene rings is 1. The van der Waals surface area contributed by atoms with Crippen LogP contribution in [0.15, 0.2) is 29.4 Å². The molecule has 0 saturated heterocycles. The number of para-hydroxylation sites is 1. The molecule has 3 rings (SSSR count). The molecule has 1 aliphatic heterocycles. The van der Waals surface area contributed by atoms with Crippen molar-refractivity contribution in [2.45, 2.75) is 6.42 Å². The lowest BCUT2D eigenvalue weighted by Crippen LogP contribution is -2.16. The quantitative estimate of drug-likeness (QED) is 0.662. The van der Waals surface area contributed by atoms with Crippen molar-refractivity contribution in [3.8, 4) is 0 Å². The van der Waals surface area contributed by atoms with Gasteiger partial charge >= 0.3 is 0 Å². The predicted octanol–water partition coefficient (Wildman–Crippen LogP) is 1.44. The van der Waals surface area contributed by atoms with Gasteiger partial charge in [-0.3, -0.25) is 4.79 Å². The molecule has 4 heteroatoms. The first-order chi connectivity index (χ1) is 7.36. The second-order valence-corrected chi connectivity index (χ2v) is 3.48. The lowest BCUT2D eigenvalue weighted by Gasteiger charge is -1.94. The topological polar surface area (TPSA) is 57.2 Å². The van der Waals surface area contributed by atoms with Gasteiger partial charge in [0.15, 0.2) is 0 Å². The van der Waals surface area contributed by atoms with Crippen molar-refractivity contribution in [2.24, 2.45) is 5.10 Å². The number of hydrazone groups is 1. The van der Waals surface area contributed by atoms with E-state index < -0.39 is 0 Å². The fraction of sp³-hybridized carbons (Fsp3) is 0.0909. The molecule has 2 heterocycles. The van der Waals surface area contributed by atoms with Crippen molar-refractivity contribution >= 4 is 23.0 Å². The number of fused-ring (bicyclic) bond motifs is 3. The van der Waals surface area contributed by atoms with Crippen LogP contribution in [-0.2, 0) is 6.42 Å². The van der Waals surface area contributed by atoms with Gasteiger partial charge in [0, 0.05) is 23.5 Å². The molecule has 0 saturated carbocycles. The number of rotatable bonds is 0. The molecule has 4 nitrogen and oxygen atoms in total. The summed E-state index contributed by atoms with van der Waals surface area (Å²) in [7, 11) is 0. The van der Waals surface area contributed by atoms with Gasteiger partial charge in [0.1, 0.15) is 5.69 Å². The Hall–Kier alpha value is -2.10. The average Bonchev–Trinajstić information content (AvgIpc) is 2.54. The molecule has 1 aliphatic rings. The van der Waals surface area contributed by atoms with Crippen LogP contribution in [0.3, 0.4) is 0 Å². The fourth-order valence-electron chi connectivity index (χ4n) is 1.90. The molecule has 1 aromatic carbocycles. The van der Waals surface area contributed by atoms with E-state index in [0.717, 1.165) is 16.5 Å². The van der Waals surface area contributed by atoms with E-state index in [4.69, 9.17) is 0 Å². The lowest BCUT2D eigenvalue weighted by molar-refractivity contribution is 0.0951. The predicted molar refractivity (Wildman–Crippen MR) is 58.0 cm³/mol. The first-order valence-electron chi connectivity index (χ1n) is 4.78. The molecule has 0 spiro atoms. The largest absolute Gasteiger partial charge is 0.350 e. The monoisotopic (exact) mass is 199 g/mol. The third kappa shape index (κ3) is 1.15. The molecule has 1 amide bonds. The number of aromatic nitrogens is 1. The smallest absolute Gasteiger partial charge is 0.288 e. The van der Waals surface area contributed by atoms with E-state index in [9.17, 15) is 4.79 Å². The highest BCUT2D eigenvalue weighted by Gasteiger charge is 2.17. The Balaban J connectivity index is 2.35. The third-order valence-electron chi connectivity index (χ3n) is 2.59. The zero-order valence-electron chi connectivity index (χ0n) is 7.95. The van der Waals surface area contributed by atoms with E-state index in [-0.39, 0.29) is 5.91 Å². The van der Waals surface area contributed by atoms with Crippen LogP contribution in [0.1, 0.15) is 16.1 Å². The zero-order chi connectivity index (χ0) is 10.3. The summed E-state index contributed by atoms with van der Waals surface area (Å²) < 4.78 is 0. The number of H-pyrrole nitrogens is 1. The maximum Gasteiger partial charge on any atom is 0.288 e. The van der Waals surface area contributed by atoms with Crippen molar-refractivity contribution < 1.29 is 4.79 Å². The molecule has 1 aromatic heterocycles. The number of amides is 1. The van der Waals surface area contributed by atoms with Gasteiger partial charge in [-0.2, -0.15) is 5.10 Å². The van der Waals surface area contributed by atoms with E-state index in [0.29, 0.717) is 12.1 Å². The Labute approximate surface area is 86.0 Å². The van der Waals surface area contributed by atoms with Gasteiger partial charge < -0.3 is 4.98 Å². The number of carbonyl (C=O) groups excluding carboxylic acids is 1. The van der Waals surface area contributed by atoms with Crippen LogP contribution in [0.5, 0.6) is 0 Å². The Bertz CT molecular complexity index is 568. The Morgan fingerprint density at radius 3 is 3.07 bits per heavy atom. The Morgan fingerprint density at radius 2 is 2.13 bits per heavy atom. The fourth-order valence-corrected chi connectivity index (χ4v) is 1.90. The minimum absolute atomic E-state index is 0.171. The summed E-state index contributed by atoms with van der Waals surface area (Å²) in [5.41, 5.74) is 5.09. The third-order valence-corrected chi connectivity index (χ3v) is 2.59. The number of hydrogen-bond acceptors (Lipinski definition) is 2. The molecule has 15 heavy (non-hydrogen) atoms. The molecule has 0 radical (unpaired) electrons. The highest BCUT2D eigenvalue weighted by atomic mass is 16.2. The minimum atomic E-state index is -0.171. The van der Waals surface area contributed by atoms with Crippen molar-refractivity contribution in [1.82, 2.24) is 10.4 Å². The summed E-state index contributed by atoms with van der Waals surface area (Å²) >= 11 is 0. The van der Waals surface area contributed by atoms with Crippen molar-refractivity contribution in [3.63, 3.8) is 0 Å². The molecule has 0 aliphatic carbocycles. The molecule has 0 atom stereocenters. The number of nitrogens with zero attached hydrogens (tertiary/aromatic N) is 1. The summed E-state index contributed by atoms with van der Waals surface area (Å²) in [4.78, 5) is 14.7. The maximum absolute atomic E-state index is 11.6. The molecule has 2 aromatic rings. The first-order valence-corrected chi connectivity index (χ1v) is 4.78. The maximum atomic E-state index is 11.6. The number of aromatic amines is 1. The Kier molecular flexibility index (Phi) is 1.62. The van der Waals surface area contributed by atoms with E-state index in [2.05, 4.69) is 15.5 Å². The van der Waals surface area contributed by atoms with Gasteiger partial charge in [0.2, 0.25) is 0 Å². The summed E-state index contributed by atoms with van der Waals surface area (Å²) in [5, 5.41) is 4.89. The highest BCUT2D eigenvalue weighted by Crippen LogP contribution is 2.23. The highest BCUT2D eigenvalue weighted by molar-refractivity contribution is 6.03. The molecule has 0 unspecified atom stereocenters. The molecule has 0 fully saturated rings. The van der Waals surface area contributed by atoms with Crippen molar-refractivity contribution in [3.05, 3.63) is 35.5 Å². The zero-order valence-corrected chi connectivity index (χ0v) is 7.95. The molecular weight excluding hydrogens is 190 g/mol. The Morgan fingerprint density at radius 1 is 1.27 bits per heavy atom. The minimum Gasteiger partial charge on any atom is -0.350 e. The van der Waals surface area contributed by atoms with Crippen LogP contribution in [-0.4, -0.2) is 17.1 Å². The van der Waals surface area contributed by atoms with Crippen molar-refractivity contribution in [1.29, 1.82) is 0 Å². The van der Waals surface area contributed by atoms with Gasteiger partial charge in [-0.1, -0.05) is 18.2 Å². The van der Waals surface area contributed by atoms with Crippen molar-refractivity contribution in [2.75, 3.05) is 0 Å². The van der Waals surface area contributed by atoms with Crippen LogP contribution in [0, 0.1) is 0 Å². The number of nitrogens with one attached hydrogen (secondary N) is 2. The summed E-state index contributed by atoms with van der Waals surface area (Å²) in [6.45, 7) is 0. The SMILES string of the molecule is O=C1NN=CCc2c1[nH]c1ccccc21. The summed E-state index contributed by atoms with van der Waals surface area (Å²) in [6, 6.07) is 7.89. The van der Waals surface area contributed by atoms with Gasteiger partial charge in [0.25, 0.3) is 5.91 Å². The standard InChI is InChI=1S/C11H9N3O/c15-11-10-8(5-6-12-14-11)7-3-1-2-4-9(7)13-10/h1-4,6,13H,5H2,(H,14,15). The number of carbonyl (C=O) groups is 1. The lowest BCUT2D eigenvalue weighted by atomic mass is 10.1. The van der Waals surface area contributed by atoms with Crippen LogP contribution >= 0.6 is 0 Å². The normalized spacial score (nSPS) is 14.8. The van der Waals surface area contributed by atoms with Gasteiger partial charge in [0.05, 0.1) is 0 Å². The molecule has 74 valence electrons. The summed E-state index contributed by atoms with van der Waals surface area (Å²) in [5.74, 6) is -0.171. The van der Waals surface area contributed by atoms with Crippen LogP contribution in [0.2, 0.25) is 0 Å². The van der Waals surface area contributed by atoms with E-state index in [1.807, 2.05) is 24.3 Å².